The molecule has 1 rings (SSSR count). The van der Waals surface area contributed by atoms with Crippen molar-refractivity contribution in [3.8, 4) is 0 Å². The third kappa shape index (κ3) is 3.43. The number of Topliss-reactive ketones (excluding diaryl/α,β-unsaturated/α-hetero) is 1. The highest BCUT2D eigenvalue weighted by atomic mass is 16.6. The number of amides is 1. The SMILES string of the molecule is CCC(=O)C1CCN(C)N1C(=O)OC(C)(C)C. The third-order valence-electron chi connectivity index (χ3n) is 2.69. The van der Waals surface area contributed by atoms with Gasteiger partial charge in [0.15, 0.2) is 5.78 Å². The number of hydrogen-bond donors (Lipinski definition) is 0. The molecule has 1 heterocycles. The zero-order valence-electron chi connectivity index (χ0n) is 11.3. The molecule has 1 aliphatic heterocycles. The topological polar surface area (TPSA) is 49.9 Å². The van der Waals surface area contributed by atoms with E-state index in [1.807, 2.05) is 27.7 Å². The largest absolute Gasteiger partial charge is 0.443 e. The summed E-state index contributed by atoms with van der Waals surface area (Å²) in [5, 5.41) is 3.20. The van der Waals surface area contributed by atoms with Gasteiger partial charge in [-0.15, -0.1) is 0 Å². The summed E-state index contributed by atoms with van der Waals surface area (Å²) in [6.07, 6.45) is 0.685. The van der Waals surface area contributed by atoms with Crippen molar-refractivity contribution in [1.82, 2.24) is 10.0 Å². The highest BCUT2D eigenvalue weighted by Crippen LogP contribution is 2.22. The van der Waals surface area contributed by atoms with Crippen LogP contribution in [0.25, 0.3) is 0 Å². The molecule has 0 aromatic rings. The van der Waals surface area contributed by atoms with Gasteiger partial charge in [0.25, 0.3) is 0 Å². The monoisotopic (exact) mass is 242 g/mol. The maximum atomic E-state index is 12.0. The lowest BCUT2D eigenvalue weighted by atomic mass is 10.1. The number of carbonyl (C=O) groups excluding carboxylic acids is 2. The summed E-state index contributed by atoms with van der Waals surface area (Å²) >= 11 is 0. The smallest absolute Gasteiger partial charge is 0.425 e. The average molecular weight is 242 g/mol. The molecule has 0 spiro atoms. The van der Waals surface area contributed by atoms with E-state index in [0.29, 0.717) is 19.4 Å². The number of carbonyl (C=O) groups is 2. The molecule has 0 aromatic heterocycles. The van der Waals surface area contributed by atoms with Gasteiger partial charge in [0.2, 0.25) is 0 Å². The molecule has 1 aliphatic rings. The molecule has 1 atom stereocenters. The molecule has 1 saturated heterocycles. The summed E-state index contributed by atoms with van der Waals surface area (Å²) in [6, 6.07) is -0.361. The van der Waals surface area contributed by atoms with Crippen LogP contribution in [0.4, 0.5) is 4.79 Å². The molecule has 0 saturated carbocycles. The number of ketones is 1. The summed E-state index contributed by atoms with van der Waals surface area (Å²) in [7, 11) is 1.80. The van der Waals surface area contributed by atoms with Crippen molar-refractivity contribution in [3.05, 3.63) is 0 Å². The van der Waals surface area contributed by atoms with Crippen LogP contribution in [-0.2, 0) is 9.53 Å². The maximum absolute atomic E-state index is 12.0. The lowest BCUT2D eigenvalue weighted by Gasteiger charge is -2.31. The lowest BCUT2D eigenvalue weighted by molar-refractivity contribution is -0.126. The van der Waals surface area contributed by atoms with Crippen LogP contribution in [-0.4, -0.2) is 47.1 Å². The average Bonchev–Trinajstić information content (AvgIpc) is 2.56. The fraction of sp³-hybridized carbons (Fsp3) is 0.833. The second kappa shape index (κ2) is 5.04. The first-order valence-corrected chi connectivity index (χ1v) is 6.02. The molecule has 0 N–H and O–H groups in total. The van der Waals surface area contributed by atoms with Crippen LogP contribution in [0.3, 0.4) is 0 Å². The third-order valence-corrected chi connectivity index (χ3v) is 2.69. The van der Waals surface area contributed by atoms with E-state index >= 15 is 0 Å². The lowest BCUT2D eigenvalue weighted by Crippen LogP contribution is -2.48. The van der Waals surface area contributed by atoms with Gasteiger partial charge < -0.3 is 4.74 Å². The van der Waals surface area contributed by atoms with Crippen LogP contribution >= 0.6 is 0 Å². The number of ether oxygens (including phenoxy) is 1. The molecule has 17 heavy (non-hydrogen) atoms. The Kier molecular flexibility index (Phi) is 4.14. The first-order chi connectivity index (χ1) is 7.76. The molecule has 1 amide bonds. The molecule has 5 heteroatoms. The number of nitrogens with zero attached hydrogens (tertiary/aromatic N) is 2. The Morgan fingerprint density at radius 1 is 1.35 bits per heavy atom. The minimum Gasteiger partial charge on any atom is -0.443 e. The van der Waals surface area contributed by atoms with E-state index in [4.69, 9.17) is 4.74 Å². The standard InChI is InChI=1S/C12H22N2O3/c1-6-10(15)9-7-8-13(5)14(9)11(16)17-12(2,3)4/h9H,6-8H2,1-5H3. The van der Waals surface area contributed by atoms with Crippen LogP contribution in [0, 0.1) is 0 Å². The summed E-state index contributed by atoms with van der Waals surface area (Å²) < 4.78 is 5.31. The summed E-state index contributed by atoms with van der Waals surface area (Å²) in [5.41, 5.74) is -0.541. The van der Waals surface area contributed by atoms with E-state index in [1.54, 1.807) is 12.1 Å². The van der Waals surface area contributed by atoms with Crippen molar-refractivity contribution in [3.63, 3.8) is 0 Å². The minimum absolute atomic E-state index is 0.0835. The van der Waals surface area contributed by atoms with Crippen LogP contribution < -0.4 is 0 Å². The number of rotatable bonds is 2. The molecular weight excluding hydrogens is 220 g/mol. The number of hydrogen-bond acceptors (Lipinski definition) is 4. The normalized spacial score (nSPS) is 21.7. The zero-order valence-corrected chi connectivity index (χ0v) is 11.3. The Morgan fingerprint density at radius 2 is 1.94 bits per heavy atom. The van der Waals surface area contributed by atoms with E-state index < -0.39 is 11.7 Å². The van der Waals surface area contributed by atoms with Crippen LogP contribution in [0.2, 0.25) is 0 Å². The maximum Gasteiger partial charge on any atom is 0.425 e. The van der Waals surface area contributed by atoms with E-state index in [1.165, 1.54) is 5.01 Å². The first kappa shape index (κ1) is 14.0. The highest BCUT2D eigenvalue weighted by molar-refractivity contribution is 5.87. The van der Waals surface area contributed by atoms with Crippen LogP contribution in [0.5, 0.6) is 0 Å². The molecule has 98 valence electrons. The van der Waals surface area contributed by atoms with Gasteiger partial charge in [-0.2, -0.15) is 0 Å². The zero-order chi connectivity index (χ0) is 13.2. The van der Waals surface area contributed by atoms with Gasteiger partial charge in [0.1, 0.15) is 11.6 Å². The predicted octanol–water partition coefficient (Wildman–Crippen LogP) is 1.82. The Labute approximate surface area is 103 Å². The summed E-state index contributed by atoms with van der Waals surface area (Å²) in [6.45, 7) is 7.97. The Hall–Kier alpha value is -1.10. The minimum atomic E-state index is -0.541. The molecular formula is C12H22N2O3. The van der Waals surface area contributed by atoms with Gasteiger partial charge in [0.05, 0.1) is 0 Å². The quantitative estimate of drug-likeness (QED) is 0.741. The fourth-order valence-electron chi connectivity index (χ4n) is 1.89. The Bertz CT molecular complexity index is 309. The van der Waals surface area contributed by atoms with Crippen LogP contribution in [0.15, 0.2) is 0 Å². The molecule has 0 aromatic carbocycles. The number of hydrazine groups is 1. The van der Waals surface area contributed by atoms with E-state index in [0.717, 1.165) is 0 Å². The van der Waals surface area contributed by atoms with Crippen molar-refractivity contribution >= 4 is 11.9 Å². The molecule has 0 aliphatic carbocycles. The predicted molar refractivity (Wildman–Crippen MR) is 64.4 cm³/mol. The van der Waals surface area contributed by atoms with Crippen molar-refractivity contribution in [1.29, 1.82) is 0 Å². The van der Waals surface area contributed by atoms with E-state index in [9.17, 15) is 9.59 Å². The van der Waals surface area contributed by atoms with Crippen molar-refractivity contribution in [2.75, 3.05) is 13.6 Å². The summed E-state index contributed by atoms with van der Waals surface area (Å²) in [4.78, 5) is 23.8. The second-order valence-electron chi connectivity index (χ2n) is 5.33. The second-order valence-corrected chi connectivity index (χ2v) is 5.33. The molecule has 0 bridgehead atoms. The van der Waals surface area contributed by atoms with E-state index in [2.05, 4.69) is 0 Å². The molecule has 1 unspecified atom stereocenters. The first-order valence-electron chi connectivity index (χ1n) is 6.02. The Balaban J connectivity index is 2.78. The van der Waals surface area contributed by atoms with E-state index in [-0.39, 0.29) is 11.8 Å². The summed E-state index contributed by atoms with van der Waals surface area (Å²) in [5.74, 6) is 0.0835. The molecule has 1 fully saturated rings. The van der Waals surface area contributed by atoms with Crippen molar-refractivity contribution in [2.24, 2.45) is 0 Å². The molecule has 5 nitrogen and oxygen atoms in total. The van der Waals surface area contributed by atoms with Crippen molar-refractivity contribution in [2.45, 2.75) is 52.2 Å². The van der Waals surface area contributed by atoms with Crippen LogP contribution in [0.1, 0.15) is 40.5 Å². The van der Waals surface area contributed by atoms with Gasteiger partial charge in [0, 0.05) is 20.0 Å². The highest BCUT2D eigenvalue weighted by Gasteiger charge is 2.39. The fourth-order valence-corrected chi connectivity index (χ4v) is 1.89. The van der Waals surface area contributed by atoms with Crippen molar-refractivity contribution < 1.29 is 14.3 Å². The van der Waals surface area contributed by atoms with Gasteiger partial charge in [-0.1, -0.05) is 6.92 Å². The molecule has 0 radical (unpaired) electrons. The van der Waals surface area contributed by atoms with Gasteiger partial charge in [-0.05, 0) is 27.2 Å². The van der Waals surface area contributed by atoms with Gasteiger partial charge >= 0.3 is 6.09 Å². The van der Waals surface area contributed by atoms with Gasteiger partial charge in [-0.3, -0.25) is 4.79 Å². The Morgan fingerprint density at radius 3 is 2.41 bits per heavy atom. The van der Waals surface area contributed by atoms with Gasteiger partial charge in [-0.25, -0.2) is 14.8 Å².